The molecule has 1 aliphatic rings. The number of ether oxygens (including phenoxy) is 2. The normalized spacial score (nSPS) is 23.6. The topological polar surface area (TPSA) is 102 Å². The molecule has 0 spiro atoms. The van der Waals surface area contributed by atoms with Gasteiger partial charge in [0.05, 0.1) is 12.7 Å². The van der Waals surface area contributed by atoms with Crippen LogP contribution in [0.4, 0.5) is 4.79 Å². The highest BCUT2D eigenvalue weighted by atomic mass is 31.2. The average molecular weight is 310 g/mol. The molecular weight excluding hydrogens is 287 g/mol. The molecule has 0 aliphatic heterocycles. The Morgan fingerprint density at radius 1 is 1.25 bits per heavy atom. The molecule has 20 heavy (non-hydrogen) atoms. The first kappa shape index (κ1) is 17.4. The lowest BCUT2D eigenvalue weighted by Crippen LogP contribution is -2.31. The number of hydrogen-bond acceptors (Lipinski definition) is 5. The van der Waals surface area contributed by atoms with Crippen molar-refractivity contribution in [2.24, 2.45) is 11.8 Å². The number of phosphoric ester groups is 1. The number of rotatable bonds is 6. The van der Waals surface area contributed by atoms with E-state index in [4.69, 9.17) is 23.8 Å². The van der Waals surface area contributed by atoms with E-state index in [-0.39, 0.29) is 25.0 Å². The molecule has 2 N–H and O–H groups in total. The Kier molecular flexibility index (Phi) is 6.95. The summed E-state index contributed by atoms with van der Waals surface area (Å²) < 4.78 is 25.5. The smallest absolute Gasteiger partial charge is 0.434 e. The van der Waals surface area contributed by atoms with Gasteiger partial charge < -0.3 is 19.3 Å². The van der Waals surface area contributed by atoms with Crippen molar-refractivity contribution in [3.8, 4) is 0 Å². The van der Waals surface area contributed by atoms with Gasteiger partial charge in [-0.05, 0) is 18.8 Å². The zero-order valence-corrected chi connectivity index (χ0v) is 12.8. The minimum atomic E-state index is -4.52. The number of phosphoric acid groups is 1. The average Bonchev–Trinajstić information content (AvgIpc) is 2.33. The van der Waals surface area contributed by atoms with Gasteiger partial charge >= 0.3 is 14.0 Å². The molecule has 1 rings (SSSR count). The predicted octanol–water partition coefficient (Wildman–Crippen LogP) is 2.46. The van der Waals surface area contributed by atoms with Gasteiger partial charge in [-0.15, -0.1) is 0 Å². The first-order valence-electron chi connectivity index (χ1n) is 6.81. The highest BCUT2D eigenvalue weighted by Gasteiger charge is 2.32. The molecule has 0 unspecified atom stereocenters. The third kappa shape index (κ3) is 7.24. The van der Waals surface area contributed by atoms with Crippen molar-refractivity contribution in [3.63, 3.8) is 0 Å². The quantitative estimate of drug-likeness (QED) is 0.574. The molecular formula is C12H23O7P. The number of hydrogen-bond donors (Lipinski definition) is 2. The molecule has 0 radical (unpaired) electrons. The summed E-state index contributed by atoms with van der Waals surface area (Å²) in [5, 5.41) is 0. The Balaban J connectivity index is 2.39. The van der Waals surface area contributed by atoms with E-state index in [9.17, 15) is 9.36 Å². The van der Waals surface area contributed by atoms with Crippen LogP contribution < -0.4 is 0 Å². The minimum absolute atomic E-state index is 0.0571. The molecule has 0 bridgehead atoms. The van der Waals surface area contributed by atoms with Crippen molar-refractivity contribution in [3.05, 3.63) is 0 Å². The van der Waals surface area contributed by atoms with Crippen LogP contribution >= 0.6 is 7.82 Å². The van der Waals surface area contributed by atoms with E-state index in [1.165, 1.54) is 0 Å². The Hall–Kier alpha value is -0.620. The van der Waals surface area contributed by atoms with Crippen LogP contribution in [0.15, 0.2) is 0 Å². The Morgan fingerprint density at radius 3 is 2.50 bits per heavy atom. The Morgan fingerprint density at radius 2 is 1.90 bits per heavy atom. The highest BCUT2D eigenvalue weighted by molar-refractivity contribution is 7.46. The van der Waals surface area contributed by atoms with Crippen molar-refractivity contribution in [2.45, 2.75) is 45.6 Å². The fourth-order valence-electron chi connectivity index (χ4n) is 2.13. The van der Waals surface area contributed by atoms with Gasteiger partial charge in [-0.2, -0.15) is 0 Å². The lowest BCUT2D eigenvalue weighted by molar-refractivity contribution is -0.00187. The van der Waals surface area contributed by atoms with Gasteiger partial charge in [0.1, 0.15) is 6.61 Å². The largest absolute Gasteiger partial charge is 0.508 e. The fraction of sp³-hybridized carbons (Fsp3) is 0.917. The maximum atomic E-state index is 11.3. The molecule has 8 heteroatoms. The highest BCUT2D eigenvalue weighted by Crippen LogP contribution is 2.42. The van der Waals surface area contributed by atoms with Gasteiger partial charge in [-0.25, -0.2) is 9.36 Å². The molecule has 0 amide bonds. The third-order valence-electron chi connectivity index (χ3n) is 3.06. The van der Waals surface area contributed by atoms with Crippen LogP contribution in [0.3, 0.4) is 0 Å². The van der Waals surface area contributed by atoms with Crippen molar-refractivity contribution in [2.75, 3.05) is 13.2 Å². The summed E-state index contributed by atoms with van der Waals surface area (Å²) in [5.41, 5.74) is 0. The van der Waals surface area contributed by atoms with E-state index in [0.717, 1.165) is 12.8 Å². The summed E-state index contributed by atoms with van der Waals surface area (Å²) in [6, 6.07) is 0. The lowest BCUT2D eigenvalue weighted by Gasteiger charge is -2.30. The maximum Gasteiger partial charge on any atom is 0.508 e. The van der Waals surface area contributed by atoms with Gasteiger partial charge in [0.15, 0.2) is 0 Å². The van der Waals surface area contributed by atoms with Gasteiger partial charge in [-0.1, -0.05) is 26.7 Å². The predicted molar refractivity (Wildman–Crippen MR) is 71.0 cm³/mol. The first-order chi connectivity index (χ1) is 9.28. The van der Waals surface area contributed by atoms with E-state index in [2.05, 4.69) is 0 Å². The summed E-state index contributed by atoms with van der Waals surface area (Å²) in [6.07, 6.45) is 1.71. The molecule has 1 fully saturated rings. The minimum Gasteiger partial charge on any atom is -0.434 e. The van der Waals surface area contributed by atoms with Crippen LogP contribution in [0.2, 0.25) is 0 Å². The lowest BCUT2D eigenvalue weighted by atomic mass is 9.87. The first-order valence-corrected chi connectivity index (χ1v) is 8.34. The van der Waals surface area contributed by atoms with Crippen LogP contribution in [-0.4, -0.2) is 35.3 Å². The molecule has 0 aromatic rings. The van der Waals surface area contributed by atoms with E-state index >= 15 is 0 Å². The molecule has 0 saturated heterocycles. The van der Waals surface area contributed by atoms with Gasteiger partial charge in [0.25, 0.3) is 0 Å². The van der Waals surface area contributed by atoms with Crippen molar-refractivity contribution in [1.29, 1.82) is 0 Å². The van der Waals surface area contributed by atoms with E-state index < -0.39 is 20.1 Å². The molecule has 0 aromatic carbocycles. The fourth-order valence-corrected chi connectivity index (χ4v) is 2.76. The van der Waals surface area contributed by atoms with E-state index in [1.54, 1.807) is 0 Å². The summed E-state index contributed by atoms with van der Waals surface area (Å²) >= 11 is 0. The van der Waals surface area contributed by atoms with Crippen molar-refractivity contribution < 1.29 is 33.1 Å². The number of carbonyl (C=O) groups is 1. The molecule has 7 nitrogen and oxygen atoms in total. The van der Waals surface area contributed by atoms with Gasteiger partial charge in [0.2, 0.25) is 0 Å². The maximum absolute atomic E-state index is 11.3. The third-order valence-corrected chi connectivity index (χ3v) is 3.61. The summed E-state index contributed by atoms with van der Waals surface area (Å²) in [6.45, 7) is 4.17. The molecule has 118 valence electrons. The monoisotopic (exact) mass is 310 g/mol. The van der Waals surface area contributed by atoms with Gasteiger partial charge in [0, 0.05) is 5.92 Å². The molecule has 2 atom stereocenters. The van der Waals surface area contributed by atoms with Crippen LogP contribution in [0.25, 0.3) is 0 Å². The Bertz CT molecular complexity index is 352. The van der Waals surface area contributed by atoms with E-state index in [1.807, 2.05) is 13.8 Å². The zero-order valence-electron chi connectivity index (χ0n) is 11.9. The van der Waals surface area contributed by atoms with Gasteiger partial charge in [-0.3, -0.25) is 4.52 Å². The molecule has 1 saturated carbocycles. The van der Waals surface area contributed by atoms with Crippen LogP contribution in [0.5, 0.6) is 0 Å². The summed E-state index contributed by atoms with van der Waals surface area (Å²) in [5.74, 6) is 0.0194. The molecule has 0 heterocycles. The summed E-state index contributed by atoms with van der Waals surface area (Å²) in [4.78, 5) is 29.1. The standard InChI is InChI=1S/C12H23O7P/c1-9(2)7-17-12(13)18-8-10-5-3-4-6-11(10)19-20(14,15)16/h9-11H,3-8H2,1-2H3,(H2,14,15,16)/t10-,11-/m0/s1. The zero-order chi connectivity index (χ0) is 15.2. The van der Waals surface area contributed by atoms with E-state index in [0.29, 0.717) is 12.8 Å². The van der Waals surface area contributed by atoms with Crippen LogP contribution in [0.1, 0.15) is 39.5 Å². The van der Waals surface area contributed by atoms with Crippen LogP contribution in [0, 0.1) is 11.8 Å². The molecule has 1 aliphatic carbocycles. The summed E-state index contributed by atoms with van der Waals surface area (Å²) in [7, 11) is -4.52. The second-order valence-corrected chi connectivity index (χ2v) is 6.64. The second kappa shape index (κ2) is 7.98. The number of carbonyl (C=O) groups excluding carboxylic acids is 1. The molecule has 0 aromatic heterocycles. The second-order valence-electron chi connectivity index (χ2n) is 5.44. The van der Waals surface area contributed by atoms with Crippen molar-refractivity contribution in [1.82, 2.24) is 0 Å². The van der Waals surface area contributed by atoms with Crippen molar-refractivity contribution >= 4 is 14.0 Å². The van der Waals surface area contributed by atoms with Crippen LogP contribution in [-0.2, 0) is 18.6 Å². The SMILES string of the molecule is CC(C)COC(=O)OC[C@@H]1CCCC[C@@H]1OP(=O)(O)O. The Labute approximate surface area is 118 Å².